The quantitative estimate of drug-likeness (QED) is 0.877. The molecule has 5 nitrogen and oxygen atoms in total. The topological polar surface area (TPSA) is 71.2 Å². The van der Waals surface area contributed by atoms with Crippen LogP contribution in [0.5, 0.6) is 5.75 Å². The molecule has 1 aliphatic rings. The Morgan fingerprint density at radius 2 is 2.11 bits per heavy atom. The summed E-state index contributed by atoms with van der Waals surface area (Å²) in [6.07, 6.45) is 0.623. The Morgan fingerprint density at radius 3 is 2.79 bits per heavy atom. The summed E-state index contributed by atoms with van der Waals surface area (Å²) in [5.74, 6) is 2.54. The molecule has 0 saturated carbocycles. The number of hydrogen-bond donors (Lipinski definition) is 2. The Balaban J connectivity index is 1.72. The zero-order valence-electron chi connectivity index (χ0n) is 10.8. The van der Waals surface area contributed by atoms with E-state index in [1.165, 1.54) is 0 Å². The van der Waals surface area contributed by atoms with Crippen molar-refractivity contribution in [1.29, 1.82) is 0 Å². The average molecular weight is 259 g/mol. The van der Waals surface area contributed by atoms with Crippen LogP contribution >= 0.6 is 0 Å². The van der Waals surface area contributed by atoms with E-state index in [9.17, 15) is 5.11 Å². The molecule has 19 heavy (non-hydrogen) atoms. The molecule has 1 fully saturated rings. The number of benzene rings is 1. The summed E-state index contributed by atoms with van der Waals surface area (Å²) in [4.78, 5) is 4.48. The molecule has 0 aliphatic carbocycles. The van der Waals surface area contributed by atoms with E-state index in [1.807, 2.05) is 12.1 Å². The lowest BCUT2D eigenvalue weighted by molar-refractivity contribution is 0.337. The van der Waals surface area contributed by atoms with Crippen LogP contribution in [-0.2, 0) is 6.42 Å². The maximum Gasteiger partial charge on any atom is 0.231 e. The van der Waals surface area contributed by atoms with Crippen molar-refractivity contribution in [3.63, 3.8) is 0 Å². The summed E-state index contributed by atoms with van der Waals surface area (Å²) in [5, 5.41) is 16.6. The maximum atomic E-state index is 9.24. The van der Waals surface area contributed by atoms with Gasteiger partial charge < -0.3 is 14.9 Å². The van der Waals surface area contributed by atoms with Crippen LogP contribution in [-0.4, -0.2) is 28.3 Å². The van der Waals surface area contributed by atoms with E-state index < -0.39 is 0 Å². The number of aromatic nitrogens is 2. The van der Waals surface area contributed by atoms with Crippen molar-refractivity contribution in [2.45, 2.75) is 19.3 Å². The fourth-order valence-electron chi connectivity index (χ4n) is 2.43. The first-order chi connectivity index (χ1) is 9.22. The van der Waals surface area contributed by atoms with Gasteiger partial charge in [-0.15, -0.1) is 0 Å². The molecule has 1 saturated heterocycles. The van der Waals surface area contributed by atoms with Crippen LogP contribution in [0.15, 0.2) is 28.8 Å². The number of rotatable bonds is 3. The number of nitrogens with one attached hydrogen (secondary N) is 1. The van der Waals surface area contributed by atoms with Gasteiger partial charge >= 0.3 is 0 Å². The summed E-state index contributed by atoms with van der Waals surface area (Å²) in [6.45, 7) is 4.09. The van der Waals surface area contributed by atoms with Gasteiger partial charge in [0.25, 0.3) is 0 Å². The van der Waals surface area contributed by atoms with Crippen molar-refractivity contribution < 1.29 is 9.63 Å². The zero-order chi connectivity index (χ0) is 13.2. The van der Waals surface area contributed by atoms with E-state index in [4.69, 9.17) is 4.52 Å². The third-order valence-corrected chi connectivity index (χ3v) is 3.62. The van der Waals surface area contributed by atoms with E-state index in [-0.39, 0.29) is 5.75 Å². The monoisotopic (exact) mass is 259 g/mol. The predicted octanol–water partition coefficient (Wildman–Crippen LogP) is 1.69. The lowest BCUT2D eigenvalue weighted by Crippen LogP contribution is -2.08. The van der Waals surface area contributed by atoms with Crippen molar-refractivity contribution in [2.75, 3.05) is 13.1 Å². The number of hydrogen-bond acceptors (Lipinski definition) is 5. The molecular weight excluding hydrogens is 242 g/mol. The summed E-state index contributed by atoms with van der Waals surface area (Å²) in [5.41, 5.74) is 1.06. The molecule has 0 radical (unpaired) electrons. The summed E-state index contributed by atoms with van der Waals surface area (Å²) in [7, 11) is 0. The van der Waals surface area contributed by atoms with Crippen molar-refractivity contribution in [3.8, 4) is 5.75 Å². The van der Waals surface area contributed by atoms with Gasteiger partial charge in [0.05, 0.1) is 5.92 Å². The molecule has 5 heteroatoms. The SMILES string of the molecule is C[C@@H]1CNC[C@H]1c1nc(Cc2ccc(O)cc2)no1. The molecule has 1 aliphatic heterocycles. The number of nitrogens with zero attached hydrogens (tertiary/aromatic N) is 2. The second-order valence-electron chi connectivity index (χ2n) is 5.13. The molecule has 100 valence electrons. The van der Waals surface area contributed by atoms with E-state index in [2.05, 4.69) is 22.4 Å². The van der Waals surface area contributed by atoms with Gasteiger partial charge in [-0.25, -0.2) is 0 Å². The molecule has 2 N–H and O–H groups in total. The highest BCUT2D eigenvalue weighted by molar-refractivity contribution is 5.27. The van der Waals surface area contributed by atoms with E-state index in [0.29, 0.717) is 24.1 Å². The maximum absolute atomic E-state index is 9.24. The normalized spacial score (nSPS) is 22.8. The predicted molar refractivity (Wildman–Crippen MR) is 70.0 cm³/mol. The van der Waals surface area contributed by atoms with E-state index >= 15 is 0 Å². The minimum absolute atomic E-state index is 0.267. The Labute approximate surface area is 111 Å². The molecule has 2 heterocycles. The highest BCUT2D eigenvalue weighted by Crippen LogP contribution is 2.26. The van der Waals surface area contributed by atoms with Crippen LogP contribution in [0, 0.1) is 5.92 Å². The first-order valence-electron chi connectivity index (χ1n) is 6.53. The number of phenolic OH excluding ortho intramolecular Hbond substituents is 1. The second kappa shape index (κ2) is 5.01. The lowest BCUT2D eigenvalue weighted by Gasteiger charge is -2.07. The van der Waals surface area contributed by atoms with Crippen LogP contribution in [0.3, 0.4) is 0 Å². The average Bonchev–Trinajstić information content (AvgIpc) is 3.01. The summed E-state index contributed by atoms with van der Waals surface area (Å²) in [6, 6.07) is 7.06. The van der Waals surface area contributed by atoms with Crippen molar-refractivity contribution in [3.05, 3.63) is 41.5 Å². The molecule has 2 aromatic rings. The van der Waals surface area contributed by atoms with Crippen molar-refractivity contribution >= 4 is 0 Å². The van der Waals surface area contributed by atoms with Gasteiger partial charge in [0.15, 0.2) is 5.82 Å². The molecular formula is C14H17N3O2. The standard InChI is InChI=1S/C14H17N3O2/c1-9-7-15-8-12(9)14-16-13(17-19-14)6-10-2-4-11(18)5-3-10/h2-5,9,12,15,18H,6-8H2,1H3/t9-,12-/m1/s1. The third kappa shape index (κ3) is 2.61. The Morgan fingerprint density at radius 1 is 1.32 bits per heavy atom. The highest BCUT2D eigenvalue weighted by atomic mass is 16.5. The molecule has 3 rings (SSSR count). The van der Waals surface area contributed by atoms with Gasteiger partial charge in [-0.1, -0.05) is 24.2 Å². The number of phenols is 1. The van der Waals surface area contributed by atoms with Crippen LogP contribution in [0.2, 0.25) is 0 Å². The summed E-state index contributed by atoms with van der Waals surface area (Å²) >= 11 is 0. The Bertz CT molecular complexity index is 550. The smallest absolute Gasteiger partial charge is 0.231 e. The van der Waals surface area contributed by atoms with Crippen LogP contribution in [0.4, 0.5) is 0 Å². The van der Waals surface area contributed by atoms with Crippen LogP contribution in [0.1, 0.15) is 30.1 Å². The first kappa shape index (κ1) is 12.2. The van der Waals surface area contributed by atoms with Gasteiger partial charge in [-0.05, 0) is 30.2 Å². The van der Waals surface area contributed by atoms with Crippen molar-refractivity contribution in [2.24, 2.45) is 5.92 Å². The van der Waals surface area contributed by atoms with Gasteiger partial charge in [0, 0.05) is 13.0 Å². The van der Waals surface area contributed by atoms with E-state index in [1.54, 1.807) is 12.1 Å². The molecule has 0 unspecified atom stereocenters. The highest BCUT2D eigenvalue weighted by Gasteiger charge is 2.29. The molecule has 1 aromatic carbocycles. The minimum Gasteiger partial charge on any atom is -0.508 e. The fraction of sp³-hybridized carbons (Fsp3) is 0.429. The van der Waals surface area contributed by atoms with Gasteiger partial charge in [0.1, 0.15) is 5.75 Å². The second-order valence-corrected chi connectivity index (χ2v) is 5.13. The third-order valence-electron chi connectivity index (χ3n) is 3.62. The van der Waals surface area contributed by atoms with E-state index in [0.717, 1.165) is 24.5 Å². The zero-order valence-corrected chi connectivity index (χ0v) is 10.8. The molecule has 0 spiro atoms. The molecule has 0 bridgehead atoms. The molecule has 0 amide bonds. The number of aromatic hydroxyl groups is 1. The molecule has 2 atom stereocenters. The Hall–Kier alpha value is -1.88. The van der Waals surface area contributed by atoms with Crippen LogP contribution in [0.25, 0.3) is 0 Å². The van der Waals surface area contributed by atoms with Gasteiger partial charge in [-0.3, -0.25) is 0 Å². The fourth-order valence-corrected chi connectivity index (χ4v) is 2.43. The summed E-state index contributed by atoms with van der Waals surface area (Å²) < 4.78 is 5.36. The van der Waals surface area contributed by atoms with Crippen LogP contribution < -0.4 is 5.32 Å². The Kier molecular flexibility index (Phi) is 3.21. The van der Waals surface area contributed by atoms with Gasteiger partial charge in [-0.2, -0.15) is 4.98 Å². The lowest BCUT2D eigenvalue weighted by atomic mass is 9.98. The minimum atomic E-state index is 0.267. The largest absolute Gasteiger partial charge is 0.508 e. The first-order valence-corrected chi connectivity index (χ1v) is 6.53. The molecule has 1 aromatic heterocycles. The van der Waals surface area contributed by atoms with Gasteiger partial charge in [0.2, 0.25) is 5.89 Å². The van der Waals surface area contributed by atoms with Crippen molar-refractivity contribution in [1.82, 2.24) is 15.5 Å².